The van der Waals surface area contributed by atoms with Crippen LogP contribution in [0.4, 0.5) is 0 Å². The van der Waals surface area contributed by atoms with Crippen LogP contribution in [0.15, 0.2) is 23.1 Å². The quantitative estimate of drug-likeness (QED) is 0.562. The van der Waals surface area contributed by atoms with E-state index in [-0.39, 0.29) is 17.2 Å². The van der Waals surface area contributed by atoms with Crippen LogP contribution >= 0.6 is 0 Å². The molecule has 1 amide bonds. The molecule has 0 radical (unpaired) electrons. The highest BCUT2D eigenvalue weighted by atomic mass is 32.2. The Balaban J connectivity index is 2.42. The molecule has 0 unspecified atom stereocenters. The molecule has 2 aromatic rings. The first-order valence-corrected chi connectivity index (χ1v) is 11.0. The second-order valence-electron chi connectivity index (χ2n) is 6.49. The van der Waals surface area contributed by atoms with Crippen molar-refractivity contribution >= 4 is 27.0 Å². The highest BCUT2D eigenvalue weighted by molar-refractivity contribution is 7.89. The molecular weight excluding hydrogens is 380 g/mol. The van der Waals surface area contributed by atoms with Gasteiger partial charge < -0.3 is 4.57 Å². The molecule has 156 valence electrons. The molecule has 8 nitrogen and oxygen atoms in total. The summed E-state index contributed by atoms with van der Waals surface area (Å²) >= 11 is 0. The molecule has 1 aromatic carbocycles. The average molecular weight is 411 g/mol. The summed E-state index contributed by atoms with van der Waals surface area (Å²) in [6, 6.07) is 5.07. The van der Waals surface area contributed by atoms with Gasteiger partial charge in [0.1, 0.15) is 5.82 Å². The van der Waals surface area contributed by atoms with Crippen molar-refractivity contribution in [2.45, 2.75) is 51.5 Å². The van der Waals surface area contributed by atoms with Crippen LogP contribution in [0.2, 0.25) is 0 Å². The van der Waals surface area contributed by atoms with Gasteiger partial charge in [0, 0.05) is 39.5 Å². The lowest BCUT2D eigenvalue weighted by Gasteiger charge is -2.18. The van der Waals surface area contributed by atoms with Crippen LogP contribution in [-0.2, 0) is 32.6 Å². The third-order valence-electron chi connectivity index (χ3n) is 4.78. The molecule has 0 bridgehead atoms. The van der Waals surface area contributed by atoms with Crippen LogP contribution in [-0.4, -0.2) is 60.5 Å². The standard InChI is InChI=1S/C19H30N4O4S/c1-6-13-23-17-10-9-15(28(25,26)22(7-2)8-3)14-16(17)20-18(23)11-12-19(24)21(4)27-5/h9-10,14H,6-8,11-13H2,1-5H3. The van der Waals surface area contributed by atoms with E-state index in [1.54, 1.807) is 25.2 Å². The zero-order valence-corrected chi connectivity index (χ0v) is 18.1. The number of rotatable bonds is 10. The zero-order chi connectivity index (χ0) is 20.9. The topological polar surface area (TPSA) is 84.7 Å². The summed E-state index contributed by atoms with van der Waals surface area (Å²) in [5.74, 6) is 0.634. The molecule has 0 aliphatic rings. The maximum atomic E-state index is 12.8. The zero-order valence-electron chi connectivity index (χ0n) is 17.3. The Morgan fingerprint density at radius 3 is 2.46 bits per heavy atom. The SMILES string of the molecule is CCCn1c(CCC(=O)N(C)OC)nc2cc(S(=O)(=O)N(CC)CC)ccc21. The van der Waals surface area contributed by atoms with E-state index in [9.17, 15) is 13.2 Å². The number of sulfonamides is 1. The smallest absolute Gasteiger partial charge is 0.246 e. The molecule has 1 heterocycles. The first-order valence-electron chi connectivity index (χ1n) is 9.60. The minimum Gasteiger partial charge on any atom is -0.328 e. The lowest BCUT2D eigenvalue weighted by molar-refractivity contribution is -0.168. The number of aryl methyl sites for hydroxylation is 2. The average Bonchev–Trinajstić information content (AvgIpc) is 3.03. The monoisotopic (exact) mass is 410 g/mol. The fourth-order valence-corrected chi connectivity index (χ4v) is 4.65. The van der Waals surface area contributed by atoms with Crippen LogP contribution in [0, 0.1) is 0 Å². The van der Waals surface area contributed by atoms with E-state index in [2.05, 4.69) is 16.5 Å². The van der Waals surface area contributed by atoms with Crippen molar-refractivity contribution in [2.24, 2.45) is 0 Å². The fraction of sp³-hybridized carbons (Fsp3) is 0.579. The highest BCUT2D eigenvalue weighted by Gasteiger charge is 2.23. The summed E-state index contributed by atoms with van der Waals surface area (Å²) < 4.78 is 29.1. The van der Waals surface area contributed by atoms with Gasteiger partial charge in [-0.1, -0.05) is 20.8 Å². The normalized spacial score (nSPS) is 12.1. The van der Waals surface area contributed by atoms with Crippen molar-refractivity contribution in [1.29, 1.82) is 0 Å². The van der Waals surface area contributed by atoms with Crippen molar-refractivity contribution in [1.82, 2.24) is 18.9 Å². The Morgan fingerprint density at radius 2 is 1.89 bits per heavy atom. The van der Waals surface area contributed by atoms with Gasteiger partial charge in [-0.15, -0.1) is 0 Å². The number of hydrogen-bond donors (Lipinski definition) is 0. The van der Waals surface area contributed by atoms with E-state index < -0.39 is 10.0 Å². The Morgan fingerprint density at radius 1 is 1.21 bits per heavy atom. The maximum absolute atomic E-state index is 12.8. The summed E-state index contributed by atoms with van der Waals surface area (Å²) in [5, 5.41) is 1.20. The van der Waals surface area contributed by atoms with Crippen molar-refractivity contribution in [3.05, 3.63) is 24.0 Å². The van der Waals surface area contributed by atoms with Gasteiger partial charge in [-0.05, 0) is 24.6 Å². The number of hydrogen-bond acceptors (Lipinski definition) is 5. The minimum absolute atomic E-state index is 0.137. The molecule has 28 heavy (non-hydrogen) atoms. The second-order valence-corrected chi connectivity index (χ2v) is 8.43. The van der Waals surface area contributed by atoms with E-state index in [4.69, 9.17) is 4.84 Å². The highest BCUT2D eigenvalue weighted by Crippen LogP contribution is 2.24. The van der Waals surface area contributed by atoms with Crippen LogP contribution < -0.4 is 0 Å². The van der Waals surface area contributed by atoms with E-state index in [0.29, 0.717) is 25.0 Å². The van der Waals surface area contributed by atoms with Gasteiger partial charge in [-0.3, -0.25) is 9.63 Å². The molecule has 0 spiro atoms. The van der Waals surface area contributed by atoms with Gasteiger partial charge in [0.25, 0.3) is 0 Å². The summed E-state index contributed by atoms with van der Waals surface area (Å²) in [6.07, 6.45) is 1.63. The Hall–Kier alpha value is -1.97. The van der Waals surface area contributed by atoms with E-state index in [0.717, 1.165) is 24.3 Å². The number of aromatic nitrogens is 2. The first kappa shape index (κ1) is 22.3. The molecule has 0 fully saturated rings. The molecule has 0 N–H and O–H groups in total. The van der Waals surface area contributed by atoms with E-state index in [1.807, 2.05) is 13.8 Å². The lowest BCUT2D eigenvalue weighted by atomic mass is 10.2. The van der Waals surface area contributed by atoms with Crippen LogP contribution in [0.1, 0.15) is 39.4 Å². The molecule has 0 aliphatic carbocycles. The third-order valence-corrected chi connectivity index (χ3v) is 6.82. The largest absolute Gasteiger partial charge is 0.328 e. The number of benzene rings is 1. The number of fused-ring (bicyclic) bond motifs is 1. The van der Waals surface area contributed by atoms with Crippen molar-refractivity contribution in [3.8, 4) is 0 Å². The Labute approximate surface area is 167 Å². The summed E-state index contributed by atoms with van der Waals surface area (Å²) in [5.41, 5.74) is 1.51. The van der Waals surface area contributed by atoms with E-state index in [1.165, 1.54) is 16.5 Å². The van der Waals surface area contributed by atoms with Crippen molar-refractivity contribution in [2.75, 3.05) is 27.2 Å². The summed E-state index contributed by atoms with van der Waals surface area (Å²) in [4.78, 5) is 21.8. The Kier molecular flexibility index (Phi) is 7.56. The predicted octanol–water partition coefficient (Wildman–Crippen LogP) is 2.43. The molecule has 9 heteroatoms. The molecule has 0 saturated heterocycles. The Bertz CT molecular complexity index is 919. The number of amides is 1. The van der Waals surface area contributed by atoms with Gasteiger partial charge >= 0.3 is 0 Å². The molecule has 0 atom stereocenters. The summed E-state index contributed by atoms with van der Waals surface area (Å²) in [6.45, 7) is 7.30. The first-order chi connectivity index (χ1) is 13.3. The van der Waals surface area contributed by atoms with Crippen LogP contribution in [0.5, 0.6) is 0 Å². The lowest BCUT2D eigenvalue weighted by Crippen LogP contribution is -2.30. The number of nitrogens with zero attached hydrogens (tertiary/aromatic N) is 4. The maximum Gasteiger partial charge on any atom is 0.246 e. The van der Waals surface area contributed by atoms with Gasteiger partial charge in [0.15, 0.2) is 0 Å². The van der Waals surface area contributed by atoms with Gasteiger partial charge in [-0.2, -0.15) is 4.31 Å². The number of hydroxylamine groups is 2. The van der Waals surface area contributed by atoms with Crippen LogP contribution in [0.3, 0.4) is 0 Å². The van der Waals surface area contributed by atoms with Crippen molar-refractivity contribution < 1.29 is 18.0 Å². The summed E-state index contributed by atoms with van der Waals surface area (Å²) in [7, 11) is -0.524. The van der Waals surface area contributed by atoms with E-state index >= 15 is 0 Å². The number of carbonyl (C=O) groups excluding carboxylic acids is 1. The molecule has 2 rings (SSSR count). The van der Waals surface area contributed by atoms with Crippen molar-refractivity contribution in [3.63, 3.8) is 0 Å². The molecular formula is C19H30N4O4S. The molecule has 0 aliphatic heterocycles. The second kappa shape index (κ2) is 9.49. The minimum atomic E-state index is -3.54. The number of carbonyl (C=O) groups is 1. The fourth-order valence-electron chi connectivity index (χ4n) is 3.17. The number of imidazole rings is 1. The predicted molar refractivity (Wildman–Crippen MR) is 108 cm³/mol. The third kappa shape index (κ3) is 4.53. The van der Waals surface area contributed by atoms with Gasteiger partial charge in [0.2, 0.25) is 15.9 Å². The van der Waals surface area contributed by atoms with Gasteiger partial charge in [-0.25, -0.2) is 18.5 Å². The molecule has 0 saturated carbocycles. The van der Waals surface area contributed by atoms with Gasteiger partial charge in [0.05, 0.1) is 23.0 Å². The van der Waals surface area contributed by atoms with Crippen LogP contribution in [0.25, 0.3) is 11.0 Å². The molecule has 1 aromatic heterocycles.